The van der Waals surface area contributed by atoms with Crippen molar-refractivity contribution in [1.82, 2.24) is 10.3 Å². The van der Waals surface area contributed by atoms with E-state index in [4.69, 9.17) is 0 Å². The molecule has 1 aromatic carbocycles. The first kappa shape index (κ1) is 11.4. The summed E-state index contributed by atoms with van der Waals surface area (Å²) in [6.45, 7) is 0.407. The van der Waals surface area contributed by atoms with Crippen LogP contribution in [0.2, 0.25) is 0 Å². The summed E-state index contributed by atoms with van der Waals surface area (Å²) < 4.78 is 0. The van der Waals surface area contributed by atoms with Crippen LogP contribution in [0.1, 0.15) is 12.0 Å². The summed E-state index contributed by atoms with van der Waals surface area (Å²) in [5.41, 5.74) is 2.01. The maximum absolute atomic E-state index is 11.6. The second-order valence-electron chi connectivity index (χ2n) is 3.84. The first-order chi connectivity index (χ1) is 8.31. The summed E-state index contributed by atoms with van der Waals surface area (Å²) in [4.78, 5) is 24.8. The highest BCUT2D eigenvalue weighted by Gasteiger charge is 2.07. The van der Waals surface area contributed by atoms with E-state index in [1.807, 2.05) is 30.5 Å². The van der Waals surface area contributed by atoms with Crippen LogP contribution in [0.5, 0.6) is 0 Å². The third-order valence-electron chi connectivity index (χ3n) is 2.61. The van der Waals surface area contributed by atoms with E-state index in [9.17, 15) is 9.59 Å². The Balaban J connectivity index is 2.03. The molecule has 0 atom stereocenters. The fourth-order valence-electron chi connectivity index (χ4n) is 1.78. The van der Waals surface area contributed by atoms with Gasteiger partial charge in [0.1, 0.15) is 6.29 Å². The molecule has 4 heteroatoms. The van der Waals surface area contributed by atoms with Crippen LogP contribution in [0.4, 0.5) is 0 Å². The quantitative estimate of drug-likeness (QED) is 0.602. The molecule has 4 nitrogen and oxygen atoms in total. The van der Waals surface area contributed by atoms with E-state index >= 15 is 0 Å². The number of carbonyl (C=O) groups is 2. The normalized spacial score (nSPS) is 10.4. The molecular weight excluding hydrogens is 216 g/mol. The number of para-hydroxylation sites is 1. The van der Waals surface area contributed by atoms with Crippen molar-refractivity contribution in [2.75, 3.05) is 6.54 Å². The van der Waals surface area contributed by atoms with Gasteiger partial charge in [-0.1, -0.05) is 18.2 Å². The number of carbonyl (C=O) groups excluding carboxylic acids is 2. The maximum atomic E-state index is 11.6. The number of hydrogen-bond acceptors (Lipinski definition) is 2. The first-order valence-electron chi connectivity index (χ1n) is 5.56. The van der Waals surface area contributed by atoms with E-state index in [0.717, 1.165) is 22.8 Å². The standard InChI is InChI=1S/C13H14N2O2/c16-7-3-6-14-13(17)8-10-9-15-12-5-2-1-4-11(10)12/h1-2,4-5,7,9,15H,3,6,8H2,(H,14,17). The minimum absolute atomic E-state index is 0.0587. The maximum Gasteiger partial charge on any atom is 0.224 e. The summed E-state index contributed by atoms with van der Waals surface area (Å²) >= 11 is 0. The molecule has 0 saturated carbocycles. The van der Waals surface area contributed by atoms with E-state index in [1.165, 1.54) is 0 Å². The predicted octanol–water partition coefficient (Wildman–Crippen LogP) is 1.42. The van der Waals surface area contributed by atoms with Crippen LogP contribution < -0.4 is 5.32 Å². The molecule has 0 spiro atoms. The first-order valence-corrected chi connectivity index (χ1v) is 5.56. The number of benzene rings is 1. The smallest absolute Gasteiger partial charge is 0.224 e. The highest BCUT2D eigenvalue weighted by atomic mass is 16.1. The lowest BCUT2D eigenvalue weighted by atomic mass is 10.1. The van der Waals surface area contributed by atoms with E-state index < -0.39 is 0 Å². The van der Waals surface area contributed by atoms with Gasteiger partial charge in [-0.15, -0.1) is 0 Å². The number of fused-ring (bicyclic) bond motifs is 1. The van der Waals surface area contributed by atoms with Crippen LogP contribution in [0, 0.1) is 0 Å². The molecule has 17 heavy (non-hydrogen) atoms. The summed E-state index contributed by atoms with van der Waals surface area (Å²) in [5, 5.41) is 3.77. The van der Waals surface area contributed by atoms with Crippen molar-refractivity contribution in [3.05, 3.63) is 36.0 Å². The van der Waals surface area contributed by atoms with Crippen molar-refractivity contribution in [2.24, 2.45) is 0 Å². The Labute approximate surface area is 99.0 Å². The van der Waals surface area contributed by atoms with Gasteiger partial charge in [-0.2, -0.15) is 0 Å². The van der Waals surface area contributed by atoms with E-state index in [2.05, 4.69) is 10.3 Å². The molecule has 0 bridgehead atoms. The average molecular weight is 230 g/mol. The molecular formula is C13H14N2O2. The lowest BCUT2D eigenvalue weighted by molar-refractivity contribution is -0.120. The Bertz CT molecular complexity index is 531. The fraction of sp³-hybridized carbons (Fsp3) is 0.231. The van der Waals surface area contributed by atoms with Gasteiger partial charge in [-0.3, -0.25) is 4.79 Å². The Morgan fingerprint density at radius 1 is 1.35 bits per heavy atom. The van der Waals surface area contributed by atoms with Crippen molar-refractivity contribution in [3.63, 3.8) is 0 Å². The van der Waals surface area contributed by atoms with Crippen LogP contribution >= 0.6 is 0 Å². The molecule has 2 N–H and O–H groups in total. The van der Waals surface area contributed by atoms with Crippen LogP contribution in [-0.2, 0) is 16.0 Å². The molecule has 88 valence electrons. The summed E-state index contributed by atoms with van der Waals surface area (Å²) in [5.74, 6) is -0.0587. The Kier molecular flexibility index (Phi) is 3.55. The number of aromatic amines is 1. The van der Waals surface area contributed by atoms with Crippen molar-refractivity contribution < 1.29 is 9.59 Å². The van der Waals surface area contributed by atoms with Crippen LogP contribution in [-0.4, -0.2) is 23.7 Å². The number of hydrogen-bond donors (Lipinski definition) is 2. The molecule has 0 aliphatic carbocycles. The van der Waals surface area contributed by atoms with Crippen molar-refractivity contribution in [2.45, 2.75) is 12.8 Å². The number of rotatable bonds is 5. The molecule has 2 aromatic rings. The zero-order chi connectivity index (χ0) is 12.1. The topological polar surface area (TPSA) is 62.0 Å². The highest BCUT2D eigenvalue weighted by molar-refractivity contribution is 5.88. The SMILES string of the molecule is O=CCCNC(=O)Cc1c[nH]c2ccccc12. The molecule has 1 amide bonds. The molecule has 0 aliphatic heterocycles. The lowest BCUT2D eigenvalue weighted by Crippen LogP contribution is -2.26. The van der Waals surface area contributed by atoms with Crippen molar-refractivity contribution in [3.8, 4) is 0 Å². The number of aldehydes is 1. The van der Waals surface area contributed by atoms with Gasteiger partial charge in [0.05, 0.1) is 6.42 Å². The van der Waals surface area contributed by atoms with Gasteiger partial charge in [0, 0.05) is 30.1 Å². The molecule has 0 radical (unpaired) electrons. The highest BCUT2D eigenvalue weighted by Crippen LogP contribution is 2.17. The number of aromatic nitrogens is 1. The van der Waals surface area contributed by atoms with Gasteiger partial charge in [-0.25, -0.2) is 0 Å². The molecule has 2 rings (SSSR count). The van der Waals surface area contributed by atoms with Crippen LogP contribution in [0.25, 0.3) is 10.9 Å². The second kappa shape index (κ2) is 5.30. The third-order valence-corrected chi connectivity index (χ3v) is 2.61. The van der Waals surface area contributed by atoms with E-state index in [1.54, 1.807) is 0 Å². The molecule has 1 heterocycles. The monoisotopic (exact) mass is 230 g/mol. The lowest BCUT2D eigenvalue weighted by Gasteiger charge is -2.01. The Morgan fingerprint density at radius 3 is 3.00 bits per heavy atom. The second-order valence-corrected chi connectivity index (χ2v) is 3.84. The molecule has 0 fully saturated rings. The van der Waals surface area contributed by atoms with E-state index in [-0.39, 0.29) is 5.91 Å². The molecule has 0 unspecified atom stereocenters. The number of H-pyrrole nitrogens is 1. The summed E-state index contributed by atoms with van der Waals surface area (Å²) in [6.07, 6.45) is 3.35. The van der Waals surface area contributed by atoms with Crippen LogP contribution in [0.3, 0.4) is 0 Å². The van der Waals surface area contributed by atoms with Crippen molar-refractivity contribution >= 4 is 23.1 Å². The van der Waals surface area contributed by atoms with Gasteiger partial charge in [0.2, 0.25) is 5.91 Å². The van der Waals surface area contributed by atoms with Gasteiger partial charge < -0.3 is 15.1 Å². The van der Waals surface area contributed by atoms with Gasteiger partial charge in [0.15, 0.2) is 0 Å². The summed E-state index contributed by atoms with van der Waals surface area (Å²) in [7, 11) is 0. The van der Waals surface area contributed by atoms with E-state index in [0.29, 0.717) is 19.4 Å². The molecule has 1 aromatic heterocycles. The number of amides is 1. The Morgan fingerprint density at radius 2 is 2.18 bits per heavy atom. The number of nitrogens with one attached hydrogen (secondary N) is 2. The van der Waals surface area contributed by atoms with Gasteiger partial charge in [0.25, 0.3) is 0 Å². The third kappa shape index (κ3) is 2.72. The minimum Gasteiger partial charge on any atom is -0.361 e. The summed E-state index contributed by atoms with van der Waals surface area (Å²) in [6, 6.07) is 7.86. The zero-order valence-electron chi connectivity index (χ0n) is 9.40. The largest absolute Gasteiger partial charge is 0.361 e. The zero-order valence-corrected chi connectivity index (χ0v) is 9.40. The van der Waals surface area contributed by atoms with Gasteiger partial charge >= 0.3 is 0 Å². The fourth-order valence-corrected chi connectivity index (χ4v) is 1.78. The van der Waals surface area contributed by atoms with Gasteiger partial charge in [-0.05, 0) is 11.6 Å². The van der Waals surface area contributed by atoms with Crippen molar-refractivity contribution in [1.29, 1.82) is 0 Å². The Hall–Kier alpha value is -2.10. The molecule has 0 saturated heterocycles. The average Bonchev–Trinajstić information content (AvgIpc) is 2.73. The van der Waals surface area contributed by atoms with Crippen LogP contribution in [0.15, 0.2) is 30.5 Å². The predicted molar refractivity (Wildman–Crippen MR) is 65.7 cm³/mol. The minimum atomic E-state index is -0.0587. The molecule has 0 aliphatic rings.